The molecule has 96 valence electrons. The molecule has 4 atom stereocenters. The number of phenols is 1. The summed E-state index contributed by atoms with van der Waals surface area (Å²) in [5.74, 6) is -0.437. The number of aliphatic carboxylic acids is 1. The Bertz CT molecular complexity index is 503. The number of benzene rings is 1. The van der Waals surface area contributed by atoms with Crippen LogP contribution in [0.2, 0.25) is 0 Å². The third kappa shape index (κ3) is 1.62. The van der Waals surface area contributed by atoms with E-state index in [1.807, 2.05) is 13.0 Å². The van der Waals surface area contributed by atoms with Crippen molar-refractivity contribution in [2.75, 3.05) is 5.32 Å². The molecule has 0 amide bonds. The molecule has 3 rings (SSSR count). The normalized spacial score (nSPS) is 33.4. The lowest BCUT2D eigenvalue weighted by Gasteiger charge is -2.36. The minimum absolute atomic E-state index is 0.0828. The van der Waals surface area contributed by atoms with E-state index >= 15 is 0 Å². The molecule has 1 aromatic rings. The van der Waals surface area contributed by atoms with Gasteiger partial charge in [-0.1, -0.05) is 0 Å². The van der Waals surface area contributed by atoms with Crippen molar-refractivity contribution >= 4 is 11.7 Å². The highest BCUT2D eigenvalue weighted by Gasteiger charge is 2.43. The van der Waals surface area contributed by atoms with E-state index in [1.54, 1.807) is 12.1 Å². The molecule has 0 bridgehead atoms. The molecule has 18 heavy (non-hydrogen) atoms. The average Bonchev–Trinajstić information content (AvgIpc) is 2.68. The van der Waals surface area contributed by atoms with Crippen molar-refractivity contribution in [1.82, 2.24) is 5.32 Å². The number of anilines is 1. The van der Waals surface area contributed by atoms with Gasteiger partial charge in [0.15, 0.2) is 0 Å². The zero-order valence-corrected chi connectivity index (χ0v) is 10.1. The highest BCUT2D eigenvalue weighted by Crippen LogP contribution is 2.43. The summed E-state index contributed by atoms with van der Waals surface area (Å²) in [5, 5.41) is 25.2. The van der Waals surface area contributed by atoms with Crippen LogP contribution in [0.15, 0.2) is 18.2 Å². The Morgan fingerprint density at radius 3 is 2.94 bits per heavy atom. The fourth-order valence-electron chi connectivity index (χ4n) is 3.12. The quantitative estimate of drug-likeness (QED) is 0.560. The van der Waals surface area contributed by atoms with E-state index in [9.17, 15) is 9.90 Å². The van der Waals surface area contributed by atoms with Crippen molar-refractivity contribution in [2.45, 2.75) is 37.4 Å². The summed E-state index contributed by atoms with van der Waals surface area (Å²) in [7, 11) is 0. The number of piperidine rings is 1. The van der Waals surface area contributed by atoms with Crippen molar-refractivity contribution in [3.8, 4) is 5.75 Å². The SMILES string of the molecule is C[C@H]1N[C@@H](C(=O)O)CC2c3cc(O)ccc3NC21. The maximum atomic E-state index is 11.1. The molecule has 2 aliphatic heterocycles. The first-order valence-electron chi connectivity index (χ1n) is 6.14. The zero-order chi connectivity index (χ0) is 12.9. The summed E-state index contributed by atoms with van der Waals surface area (Å²) in [6.07, 6.45) is 0.549. The maximum Gasteiger partial charge on any atom is 0.320 e. The highest BCUT2D eigenvalue weighted by molar-refractivity contribution is 5.75. The first kappa shape index (κ1) is 11.3. The second kappa shape index (κ2) is 3.88. The summed E-state index contributed by atoms with van der Waals surface area (Å²) < 4.78 is 0. The van der Waals surface area contributed by atoms with Gasteiger partial charge in [-0.05, 0) is 37.1 Å². The van der Waals surface area contributed by atoms with E-state index in [4.69, 9.17) is 5.11 Å². The van der Waals surface area contributed by atoms with Gasteiger partial charge >= 0.3 is 5.97 Å². The van der Waals surface area contributed by atoms with Crippen LogP contribution in [-0.4, -0.2) is 34.3 Å². The Morgan fingerprint density at radius 2 is 2.22 bits per heavy atom. The Hall–Kier alpha value is -1.75. The second-order valence-corrected chi connectivity index (χ2v) is 5.13. The molecule has 2 unspecified atom stereocenters. The average molecular weight is 248 g/mol. The lowest BCUT2D eigenvalue weighted by molar-refractivity contribution is -0.140. The standard InChI is InChI=1S/C13H16N2O3/c1-6-12-9(5-11(14-6)13(17)18)8-4-7(16)2-3-10(8)15-12/h2-4,6,9,11-12,14-16H,5H2,1H3,(H,17,18)/t6-,9?,11-,12?/m1/s1. The van der Waals surface area contributed by atoms with E-state index in [0.717, 1.165) is 11.3 Å². The van der Waals surface area contributed by atoms with Crippen molar-refractivity contribution < 1.29 is 15.0 Å². The third-order valence-electron chi connectivity index (χ3n) is 3.98. The van der Waals surface area contributed by atoms with E-state index < -0.39 is 12.0 Å². The van der Waals surface area contributed by atoms with Gasteiger partial charge in [0.2, 0.25) is 0 Å². The third-order valence-corrected chi connectivity index (χ3v) is 3.98. The van der Waals surface area contributed by atoms with Crippen molar-refractivity contribution in [3.05, 3.63) is 23.8 Å². The predicted molar refractivity (Wildman–Crippen MR) is 66.9 cm³/mol. The fraction of sp³-hybridized carbons (Fsp3) is 0.462. The first-order chi connectivity index (χ1) is 8.56. The smallest absolute Gasteiger partial charge is 0.320 e. The summed E-state index contributed by atoms with van der Waals surface area (Å²) in [4.78, 5) is 11.1. The van der Waals surface area contributed by atoms with Gasteiger partial charge in [-0.25, -0.2) is 0 Å². The topological polar surface area (TPSA) is 81.6 Å². The Labute approximate surface area is 105 Å². The molecule has 2 aliphatic rings. The molecule has 1 fully saturated rings. The molecule has 1 aromatic carbocycles. The number of hydrogen-bond acceptors (Lipinski definition) is 4. The van der Waals surface area contributed by atoms with E-state index in [-0.39, 0.29) is 23.8 Å². The van der Waals surface area contributed by atoms with Gasteiger partial charge in [0, 0.05) is 23.7 Å². The molecule has 0 spiro atoms. The monoisotopic (exact) mass is 248 g/mol. The first-order valence-corrected chi connectivity index (χ1v) is 6.14. The van der Waals surface area contributed by atoms with Gasteiger partial charge in [-0.2, -0.15) is 0 Å². The summed E-state index contributed by atoms with van der Waals surface area (Å²) >= 11 is 0. The molecule has 0 aliphatic carbocycles. The molecule has 5 heteroatoms. The highest BCUT2D eigenvalue weighted by atomic mass is 16.4. The van der Waals surface area contributed by atoms with Crippen LogP contribution in [0.25, 0.3) is 0 Å². The van der Waals surface area contributed by atoms with Gasteiger partial charge in [0.05, 0.1) is 0 Å². The minimum atomic E-state index is -0.811. The number of hydrogen-bond donors (Lipinski definition) is 4. The predicted octanol–water partition coefficient (Wildman–Crippen LogP) is 1.10. The molecule has 2 heterocycles. The molecule has 0 aromatic heterocycles. The van der Waals surface area contributed by atoms with Crippen LogP contribution in [0.1, 0.15) is 24.8 Å². The van der Waals surface area contributed by atoms with Crippen LogP contribution in [-0.2, 0) is 4.79 Å². The van der Waals surface area contributed by atoms with Crippen molar-refractivity contribution in [3.63, 3.8) is 0 Å². The van der Waals surface area contributed by atoms with Crippen LogP contribution in [0.4, 0.5) is 5.69 Å². The van der Waals surface area contributed by atoms with E-state index in [2.05, 4.69) is 10.6 Å². The number of nitrogens with one attached hydrogen (secondary N) is 2. The van der Waals surface area contributed by atoms with Crippen LogP contribution >= 0.6 is 0 Å². The molecule has 0 radical (unpaired) electrons. The fourth-order valence-corrected chi connectivity index (χ4v) is 3.12. The number of phenolic OH excluding ortho intramolecular Hbond substituents is 1. The molecular formula is C13H16N2O3. The maximum absolute atomic E-state index is 11.1. The second-order valence-electron chi connectivity index (χ2n) is 5.13. The summed E-state index contributed by atoms with van der Waals surface area (Å²) in [5.41, 5.74) is 2.03. The molecule has 1 saturated heterocycles. The Morgan fingerprint density at radius 1 is 1.44 bits per heavy atom. The van der Waals surface area contributed by atoms with Crippen molar-refractivity contribution in [1.29, 1.82) is 0 Å². The lowest BCUT2D eigenvalue weighted by atomic mass is 9.82. The van der Waals surface area contributed by atoms with Gasteiger partial charge < -0.3 is 15.5 Å². The summed E-state index contributed by atoms with van der Waals surface area (Å²) in [6, 6.07) is 5.00. The summed E-state index contributed by atoms with van der Waals surface area (Å²) in [6.45, 7) is 1.99. The number of rotatable bonds is 1. The molecule has 4 N–H and O–H groups in total. The van der Waals surface area contributed by atoms with Crippen molar-refractivity contribution in [2.24, 2.45) is 0 Å². The number of aromatic hydroxyl groups is 1. The van der Waals surface area contributed by atoms with Gasteiger partial charge in [-0.3, -0.25) is 10.1 Å². The van der Waals surface area contributed by atoms with Gasteiger partial charge in [0.25, 0.3) is 0 Å². The van der Waals surface area contributed by atoms with Crippen LogP contribution in [0, 0.1) is 0 Å². The van der Waals surface area contributed by atoms with Crippen LogP contribution in [0.3, 0.4) is 0 Å². The molecule has 0 saturated carbocycles. The van der Waals surface area contributed by atoms with Crippen LogP contribution in [0.5, 0.6) is 5.75 Å². The number of carboxylic acid groups (broad SMARTS) is 1. The van der Waals surface area contributed by atoms with Gasteiger partial charge in [0.1, 0.15) is 11.8 Å². The van der Waals surface area contributed by atoms with E-state index in [1.165, 1.54) is 0 Å². The largest absolute Gasteiger partial charge is 0.508 e. The molecule has 5 nitrogen and oxygen atoms in total. The number of fused-ring (bicyclic) bond motifs is 3. The Balaban J connectivity index is 1.96. The number of carbonyl (C=O) groups is 1. The van der Waals surface area contributed by atoms with Crippen LogP contribution < -0.4 is 10.6 Å². The van der Waals surface area contributed by atoms with Gasteiger partial charge in [-0.15, -0.1) is 0 Å². The lowest BCUT2D eigenvalue weighted by Crippen LogP contribution is -2.55. The molecular weight excluding hydrogens is 232 g/mol. The zero-order valence-electron chi connectivity index (χ0n) is 10.1. The van der Waals surface area contributed by atoms with E-state index in [0.29, 0.717) is 6.42 Å². The minimum Gasteiger partial charge on any atom is -0.508 e. The Kier molecular flexibility index (Phi) is 2.45. The number of carboxylic acids is 1.